The Morgan fingerprint density at radius 2 is 2.22 bits per heavy atom. The van der Waals surface area contributed by atoms with Crippen LogP contribution in [0.15, 0.2) is 18.2 Å². The average Bonchev–Trinajstić information content (AvgIpc) is 2.28. The Labute approximate surface area is 112 Å². The van der Waals surface area contributed by atoms with E-state index in [1.165, 1.54) is 12.5 Å². The first-order valence-corrected chi connectivity index (χ1v) is 6.67. The van der Waals surface area contributed by atoms with Crippen LogP contribution in [-0.2, 0) is 11.2 Å². The molecule has 0 amide bonds. The number of nitrogens with two attached hydrogens (primary N) is 1. The third-order valence-corrected chi connectivity index (χ3v) is 4.06. The van der Waals surface area contributed by atoms with E-state index < -0.39 is 0 Å². The molecule has 1 unspecified atom stereocenters. The van der Waals surface area contributed by atoms with Gasteiger partial charge in [0.25, 0.3) is 0 Å². The van der Waals surface area contributed by atoms with E-state index >= 15 is 0 Å². The van der Waals surface area contributed by atoms with Crippen molar-refractivity contribution in [3.63, 3.8) is 0 Å². The van der Waals surface area contributed by atoms with Crippen molar-refractivity contribution in [1.82, 2.24) is 0 Å². The third kappa shape index (κ3) is 3.02. The number of ether oxygens (including phenoxy) is 1. The molecule has 2 rings (SSSR count). The number of rotatable bonds is 5. The van der Waals surface area contributed by atoms with Crippen LogP contribution in [0.4, 0.5) is 4.39 Å². The minimum absolute atomic E-state index is 0.0749. The van der Waals surface area contributed by atoms with Gasteiger partial charge in [-0.25, -0.2) is 4.39 Å². The largest absolute Gasteiger partial charge is 0.378 e. The minimum Gasteiger partial charge on any atom is -0.378 e. The molecule has 18 heavy (non-hydrogen) atoms. The molecule has 100 valence electrons. The summed E-state index contributed by atoms with van der Waals surface area (Å²) in [5, 5.41) is 0.545. The maximum atomic E-state index is 13.6. The molecule has 1 aliphatic rings. The third-order valence-electron chi connectivity index (χ3n) is 3.82. The molecule has 1 aromatic rings. The minimum atomic E-state index is -0.241. The molecule has 2 nitrogen and oxygen atoms in total. The van der Waals surface area contributed by atoms with Gasteiger partial charge in [-0.3, -0.25) is 0 Å². The Morgan fingerprint density at radius 3 is 2.78 bits per heavy atom. The van der Waals surface area contributed by atoms with E-state index in [0.717, 1.165) is 19.3 Å². The van der Waals surface area contributed by atoms with Crippen LogP contribution in [-0.4, -0.2) is 18.8 Å². The maximum absolute atomic E-state index is 13.6. The van der Waals surface area contributed by atoms with Crippen LogP contribution in [0.2, 0.25) is 5.02 Å². The van der Waals surface area contributed by atoms with Crippen molar-refractivity contribution in [1.29, 1.82) is 0 Å². The maximum Gasteiger partial charge on any atom is 0.126 e. The zero-order chi connectivity index (χ0) is 13.2. The SMILES string of the molecule is COC1(CC(N)Cc2cc(Cl)ccc2F)CCC1. The number of benzene rings is 1. The molecule has 0 spiro atoms. The highest BCUT2D eigenvalue weighted by atomic mass is 35.5. The molecule has 1 aromatic carbocycles. The Balaban J connectivity index is 1.98. The second kappa shape index (κ2) is 5.55. The second-order valence-corrected chi connectivity index (χ2v) is 5.58. The molecule has 1 fully saturated rings. The molecular weight excluding hydrogens is 253 g/mol. The molecule has 0 bridgehead atoms. The van der Waals surface area contributed by atoms with Gasteiger partial charge in [-0.1, -0.05) is 11.6 Å². The smallest absolute Gasteiger partial charge is 0.126 e. The lowest BCUT2D eigenvalue weighted by molar-refractivity contribution is -0.0813. The van der Waals surface area contributed by atoms with Gasteiger partial charge in [0.15, 0.2) is 0 Å². The Kier molecular flexibility index (Phi) is 4.25. The quantitative estimate of drug-likeness (QED) is 0.892. The van der Waals surface area contributed by atoms with E-state index in [9.17, 15) is 4.39 Å². The monoisotopic (exact) mass is 271 g/mol. The number of methoxy groups -OCH3 is 1. The van der Waals surface area contributed by atoms with E-state index in [2.05, 4.69) is 0 Å². The molecule has 1 saturated carbocycles. The highest BCUT2D eigenvalue weighted by Gasteiger charge is 2.38. The van der Waals surface area contributed by atoms with Crippen molar-refractivity contribution < 1.29 is 9.13 Å². The first kappa shape index (κ1) is 13.8. The Bertz CT molecular complexity index is 415. The highest BCUT2D eigenvalue weighted by molar-refractivity contribution is 6.30. The summed E-state index contributed by atoms with van der Waals surface area (Å²) in [6.45, 7) is 0. The van der Waals surface area contributed by atoms with Gasteiger partial charge in [-0.2, -0.15) is 0 Å². The highest BCUT2D eigenvalue weighted by Crippen LogP contribution is 2.39. The Morgan fingerprint density at radius 1 is 1.50 bits per heavy atom. The summed E-state index contributed by atoms with van der Waals surface area (Å²) in [6, 6.07) is 4.49. The lowest BCUT2D eigenvalue weighted by atomic mass is 9.75. The molecule has 0 heterocycles. The van der Waals surface area contributed by atoms with E-state index in [1.807, 2.05) is 0 Å². The average molecular weight is 272 g/mol. The summed E-state index contributed by atoms with van der Waals surface area (Å²) in [7, 11) is 1.73. The lowest BCUT2D eigenvalue weighted by Gasteiger charge is -2.42. The van der Waals surface area contributed by atoms with Gasteiger partial charge >= 0.3 is 0 Å². The second-order valence-electron chi connectivity index (χ2n) is 5.14. The number of hydrogen-bond donors (Lipinski definition) is 1. The van der Waals surface area contributed by atoms with Crippen LogP contribution in [0.25, 0.3) is 0 Å². The van der Waals surface area contributed by atoms with Gasteiger partial charge in [-0.05, 0) is 55.9 Å². The zero-order valence-electron chi connectivity index (χ0n) is 10.6. The molecular formula is C14H19ClFNO. The normalized spacial score (nSPS) is 19.3. The predicted octanol–water partition coefficient (Wildman–Crippen LogP) is 3.31. The molecule has 4 heteroatoms. The van der Waals surface area contributed by atoms with Crippen molar-refractivity contribution in [3.05, 3.63) is 34.6 Å². The summed E-state index contributed by atoms with van der Waals surface area (Å²) in [4.78, 5) is 0. The van der Waals surface area contributed by atoms with Crippen LogP contribution < -0.4 is 5.73 Å². The van der Waals surface area contributed by atoms with Crippen LogP contribution in [0.3, 0.4) is 0 Å². The van der Waals surface area contributed by atoms with E-state index in [1.54, 1.807) is 19.2 Å². The number of halogens is 2. The first-order valence-electron chi connectivity index (χ1n) is 6.29. The molecule has 1 atom stereocenters. The van der Waals surface area contributed by atoms with Crippen LogP contribution >= 0.6 is 11.6 Å². The van der Waals surface area contributed by atoms with Gasteiger partial charge in [-0.15, -0.1) is 0 Å². The van der Waals surface area contributed by atoms with Crippen LogP contribution in [0, 0.1) is 5.82 Å². The Hall–Kier alpha value is -0.640. The summed E-state index contributed by atoms with van der Waals surface area (Å²) in [5.74, 6) is -0.241. The van der Waals surface area contributed by atoms with E-state index in [4.69, 9.17) is 22.1 Å². The molecule has 1 aliphatic carbocycles. The fraction of sp³-hybridized carbons (Fsp3) is 0.571. The molecule has 0 aliphatic heterocycles. The van der Waals surface area contributed by atoms with Crippen molar-refractivity contribution >= 4 is 11.6 Å². The lowest BCUT2D eigenvalue weighted by Crippen LogP contribution is -2.45. The van der Waals surface area contributed by atoms with E-state index in [-0.39, 0.29) is 17.5 Å². The van der Waals surface area contributed by atoms with Crippen molar-refractivity contribution in [2.24, 2.45) is 5.73 Å². The van der Waals surface area contributed by atoms with Crippen LogP contribution in [0.1, 0.15) is 31.2 Å². The summed E-state index contributed by atoms with van der Waals surface area (Å²) in [6.07, 6.45) is 4.56. The van der Waals surface area contributed by atoms with Crippen molar-refractivity contribution in [3.8, 4) is 0 Å². The van der Waals surface area contributed by atoms with Gasteiger partial charge in [0, 0.05) is 18.2 Å². The van der Waals surface area contributed by atoms with Gasteiger partial charge in [0.05, 0.1) is 5.60 Å². The first-order chi connectivity index (χ1) is 8.54. The van der Waals surface area contributed by atoms with Gasteiger partial charge < -0.3 is 10.5 Å². The zero-order valence-corrected chi connectivity index (χ0v) is 11.3. The van der Waals surface area contributed by atoms with Gasteiger partial charge in [0.2, 0.25) is 0 Å². The van der Waals surface area contributed by atoms with Crippen molar-refractivity contribution in [2.75, 3.05) is 7.11 Å². The molecule has 0 aromatic heterocycles. The molecule has 0 radical (unpaired) electrons. The summed E-state index contributed by atoms with van der Waals surface area (Å²) < 4.78 is 19.1. The molecule has 2 N–H and O–H groups in total. The summed E-state index contributed by atoms with van der Waals surface area (Å²) in [5.41, 5.74) is 6.62. The van der Waals surface area contributed by atoms with E-state index in [0.29, 0.717) is 17.0 Å². The van der Waals surface area contributed by atoms with Crippen molar-refractivity contribution in [2.45, 2.75) is 43.7 Å². The topological polar surface area (TPSA) is 35.2 Å². The fourth-order valence-corrected chi connectivity index (χ4v) is 2.79. The summed E-state index contributed by atoms with van der Waals surface area (Å²) >= 11 is 5.87. The van der Waals surface area contributed by atoms with Crippen LogP contribution in [0.5, 0.6) is 0 Å². The standard InChI is InChI=1S/C14H19ClFNO/c1-18-14(5-2-6-14)9-12(17)8-10-7-11(15)3-4-13(10)16/h3-4,7,12H,2,5-6,8-9,17H2,1H3. The molecule has 0 saturated heterocycles. The number of hydrogen-bond acceptors (Lipinski definition) is 2. The fourth-order valence-electron chi connectivity index (χ4n) is 2.59. The van der Waals surface area contributed by atoms with Gasteiger partial charge in [0.1, 0.15) is 5.82 Å². The predicted molar refractivity (Wildman–Crippen MR) is 71.3 cm³/mol.